The first-order chi connectivity index (χ1) is 21.4. The summed E-state index contributed by atoms with van der Waals surface area (Å²) in [6.45, 7) is 3.05. The molecule has 0 spiro atoms. The Morgan fingerprint density at radius 3 is 2.41 bits per heavy atom. The van der Waals surface area contributed by atoms with Crippen LogP contribution >= 0.6 is 12.2 Å². The molecular formula is C32H37F2N7O2S. The molecule has 0 saturated heterocycles. The number of carboxylic acid groups (broad SMARTS) is 1. The summed E-state index contributed by atoms with van der Waals surface area (Å²) in [4.78, 5) is 29.9. The number of aromatic nitrogens is 6. The van der Waals surface area contributed by atoms with E-state index in [1.54, 1.807) is 24.7 Å². The van der Waals surface area contributed by atoms with E-state index in [2.05, 4.69) is 32.3 Å². The Morgan fingerprint density at radius 2 is 1.73 bits per heavy atom. The second-order valence-electron chi connectivity index (χ2n) is 10.4. The number of halogens is 2. The van der Waals surface area contributed by atoms with Gasteiger partial charge < -0.3 is 15.5 Å². The molecule has 0 radical (unpaired) electrons. The molecule has 12 heteroatoms. The molecule has 0 unspecified atom stereocenters. The van der Waals surface area contributed by atoms with Gasteiger partial charge in [-0.2, -0.15) is 0 Å². The molecule has 0 aliphatic carbocycles. The Hall–Kier alpha value is -4.32. The largest absolute Gasteiger partial charge is 0.478 e. The van der Waals surface area contributed by atoms with Crippen LogP contribution in [-0.2, 0) is 6.42 Å². The molecule has 44 heavy (non-hydrogen) atoms. The third-order valence-corrected chi connectivity index (χ3v) is 7.35. The number of aromatic carboxylic acids is 1. The van der Waals surface area contributed by atoms with Crippen LogP contribution in [-0.4, -0.2) is 53.6 Å². The van der Waals surface area contributed by atoms with Crippen LogP contribution in [0, 0.1) is 4.64 Å². The van der Waals surface area contributed by atoms with Crippen molar-refractivity contribution in [3.05, 3.63) is 77.0 Å². The van der Waals surface area contributed by atoms with Gasteiger partial charge in [-0.05, 0) is 30.2 Å². The monoisotopic (exact) mass is 621 g/mol. The van der Waals surface area contributed by atoms with E-state index < -0.39 is 12.4 Å². The van der Waals surface area contributed by atoms with Gasteiger partial charge in [0, 0.05) is 48.7 Å². The van der Waals surface area contributed by atoms with Crippen molar-refractivity contribution < 1.29 is 18.7 Å². The van der Waals surface area contributed by atoms with Gasteiger partial charge in [0.25, 0.3) is 0 Å². The number of H-pyrrole nitrogens is 1. The van der Waals surface area contributed by atoms with Crippen molar-refractivity contribution >= 4 is 29.1 Å². The summed E-state index contributed by atoms with van der Waals surface area (Å²) in [5, 5.41) is 9.78. The van der Waals surface area contributed by atoms with Crippen molar-refractivity contribution in [1.82, 2.24) is 29.6 Å². The van der Waals surface area contributed by atoms with Gasteiger partial charge in [0.15, 0.2) is 17.5 Å². The van der Waals surface area contributed by atoms with E-state index in [1.807, 2.05) is 35.0 Å². The molecule has 0 saturated carbocycles. The van der Waals surface area contributed by atoms with E-state index >= 15 is 0 Å². The van der Waals surface area contributed by atoms with Gasteiger partial charge in [-0.25, -0.2) is 38.2 Å². The normalized spacial score (nSPS) is 11.1. The van der Waals surface area contributed by atoms with Gasteiger partial charge >= 0.3 is 5.97 Å². The molecule has 0 fully saturated rings. The standard InChI is InChI=1S/C23H31F2N3.C9H6N4O2S/c1-2-3-4-5-6-7-8-11-14-26-28-17-18(16-22(24)25)15-20-19-12-9-10-13-21(19)27-23(20)28;14-9(15)5-4-12-7(13-8(5)16)6-10-2-1-3-11-6/h9-10,12-13,15,17,22,26H,2-8,11,14,16H2,1H3;1-4H,(H,14,15)(H,12,13,16). The predicted octanol–water partition coefficient (Wildman–Crippen LogP) is 7.93. The molecule has 0 bridgehead atoms. The molecule has 3 N–H and O–H groups in total. The van der Waals surface area contributed by atoms with Gasteiger partial charge in [-0.3, -0.25) is 0 Å². The molecule has 0 amide bonds. The number of nitrogens with zero attached hydrogens (tertiary/aromatic N) is 5. The lowest BCUT2D eigenvalue weighted by Gasteiger charge is -2.16. The summed E-state index contributed by atoms with van der Waals surface area (Å²) in [6.07, 6.45) is 13.6. The Balaban J connectivity index is 0.000000233. The molecule has 2 aliphatic rings. The lowest BCUT2D eigenvalue weighted by atomic mass is 10.1. The number of aromatic amines is 1. The van der Waals surface area contributed by atoms with Crippen LogP contribution in [0.3, 0.4) is 0 Å². The van der Waals surface area contributed by atoms with Gasteiger partial charge in [-0.1, -0.05) is 82.3 Å². The average Bonchev–Trinajstić information content (AvgIpc) is 3.39. The van der Waals surface area contributed by atoms with E-state index in [4.69, 9.17) is 22.3 Å². The summed E-state index contributed by atoms with van der Waals surface area (Å²) in [5.41, 5.74) is 5.79. The first kappa shape index (κ1) is 32.6. The molecule has 0 atom stereocenters. The second kappa shape index (κ2) is 16.5. The zero-order chi connectivity index (χ0) is 31.3. The number of hydrogen-bond acceptors (Lipinski definition) is 7. The highest BCUT2D eigenvalue weighted by molar-refractivity contribution is 7.71. The summed E-state index contributed by atoms with van der Waals surface area (Å²) >= 11 is 4.88. The first-order valence-electron chi connectivity index (χ1n) is 14.9. The number of hydrogen-bond donors (Lipinski definition) is 3. The minimum absolute atomic E-state index is 0.0466. The van der Waals surface area contributed by atoms with Gasteiger partial charge in [-0.15, -0.1) is 0 Å². The van der Waals surface area contributed by atoms with Crippen LogP contribution in [0.1, 0.15) is 74.2 Å². The van der Waals surface area contributed by atoms with E-state index in [9.17, 15) is 13.6 Å². The number of alkyl halides is 2. The number of pyridine rings is 1. The summed E-state index contributed by atoms with van der Waals surface area (Å²) in [6, 6.07) is 11.4. The molecule has 2 aromatic heterocycles. The minimum atomic E-state index is -2.35. The fourth-order valence-corrected chi connectivity index (χ4v) is 5.06. The maximum atomic E-state index is 12.9. The lowest BCUT2D eigenvalue weighted by Crippen LogP contribution is -2.19. The Morgan fingerprint density at radius 1 is 1.02 bits per heavy atom. The summed E-state index contributed by atoms with van der Waals surface area (Å²) < 4.78 is 27.8. The number of nitrogens with one attached hydrogen (secondary N) is 2. The third-order valence-electron chi connectivity index (χ3n) is 7.02. The maximum absolute atomic E-state index is 12.9. The number of unbranched alkanes of at least 4 members (excludes halogenated alkanes) is 7. The molecule has 232 valence electrons. The first-order valence-corrected chi connectivity index (χ1v) is 15.3. The topological polar surface area (TPSA) is 122 Å². The Kier molecular flexibility index (Phi) is 12.2. The highest BCUT2D eigenvalue weighted by Crippen LogP contribution is 2.32. The van der Waals surface area contributed by atoms with Crippen LogP contribution < -0.4 is 5.43 Å². The van der Waals surface area contributed by atoms with Gasteiger partial charge in [0.1, 0.15) is 10.2 Å². The van der Waals surface area contributed by atoms with E-state index in [-0.39, 0.29) is 16.6 Å². The van der Waals surface area contributed by atoms with Crippen LogP contribution in [0.2, 0.25) is 0 Å². The number of benzene rings is 1. The van der Waals surface area contributed by atoms with Crippen molar-refractivity contribution in [2.24, 2.45) is 0 Å². The fraction of sp³-hybridized carbons (Fsp3) is 0.375. The highest BCUT2D eigenvalue weighted by Gasteiger charge is 2.18. The number of carbonyl (C=O) groups is 1. The van der Waals surface area contributed by atoms with Crippen LogP contribution in [0.25, 0.3) is 33.9 Å². The SMILES string of the molecule is CCCCCCCCCCNn1cc(CC(F)F)cc2c3ccccc3nc1-2.O=C(O)c1cnc(-c2ncccn2)[nH]c1=S. The molecular weight excluding hydrogens is 584 g/mol. The Bertz CT molecular complexity index is 1660. The van der Waals surface area contributed by atoms with Crippen molar-refractivity contribution in [2.75, 3.05) is 12.0 Å². The number of rotatable bonds is 14. The molecule has 3 aromatic rings. The number of carboxylic acids is 1. The second-order valence-corrected chi connectivity index (χ2v) is 10.8. The van der Waals surface area contributed by atoms with Gasteiger partial charge in [0.2, 0.25) is 6.43 Å². The van der Waals surface area contributed by atoms with Crippen LogP contribution in [0.4, 0.5) is 8.78 Å². The average molecular weight is 622 g/mol. The third kappa shape index (κ3) is 9.09. The summed E-state index contributed by atoms with van der Waals surface area (Å²) in [7, 11) is 0. The lowest BCUT2D eigenvalue weighted by molar-refractivity contribution is 0.0695. The number of fused-ring (bicyclic) bond motifs is 3. The van der Waals surface area contributed by atoms with Gasteiger partial charge in [0.05, 0.1) is 5.52 Å². The minimum Gasteiger partial charge on any atom is -0.478 e. The van der Waals surface area contributed by atoms with Crippen molar-refractivity contribution in [1.29, 1.82) is 0 Å². The maximum Gasteiger partial charge on any atom is 0.340 e. The smallest absolute Gasteiger partial charge is 0.340 e. The quantitative estimate of drug-likeness (QED) is 0.0844. The molecule has 9 nitrogen and oxygen atoms in total. The van der Waals surface area contributed by atoms with Crippen LogP contribution in [0.15, 0.2) is 61.2 Å². The predicted molar refractivity (Wildman–Crippen MR) is 170 cm³/mol. The molecule has 1 aromatic carbocycles. The Labute approximate surface area is 260 Å². The van der Waals surface area contributed by atoms with E-state index in [0.29, 0.717) is 17.2 Å². The summed E-state index contributed by atoms with van der Waals surface area (Å²) in [5.74, 6) is 0.397. The van der Waals surface area contributed by atoms with Crippen LogP contribution in [0.5, 0.6) is 0 Å². The van der Waals surface area contributed by atoms with Crippen molar-refractivity contribution in [3.63, 3.8) is 0 Å². The van der Waals surface area contributed by atoms with Crippen molar-refractivity contribution in [2.45, 2.75) is 71.1 Å². The van der Waals surface area contributed by atoms with Crippen molar-refractivity contribution in [3.8, 4) is 23.0 Å². The van der Waals surface area contributed by atoms with E-state index in [0.717, 1.165) is 35.3 Å². The highest BCUT2D eigenvalue weighted by atomic mass is 32.1. The number of para-hydroxylation sites is 1. The fourth-order valence-electron chi connectivity index (χ4n) is 4.82. The zero-order valence-corrected chi connectivity index (χ0v) is 25.5. The molecule has 5 rings (SSSR count). The molecule has 2 aliphatic heterocycles. The van der Waals surface area contributed by atoms with E-state index in [1.165, 1.54) is 51.1 Å². The molecule has 4 heterocycles. The zero-order valence-electron chi connectivity index (χ0n) is 24.7.